The number of rotatable bonds is 6. The van der Waals surface area contributed by atoms with E-state index in [0.717, 1.165) is 27.8 Å². The Bertz CT molecular complexity index is 1220. The van der Waals surface area contributed by atoms with Gasteiger partial charge in [0.05, 0.1) is 25.6 Å². The smallest absolute Gasteiger partial charge is 0.255 e. The number of hydrogen-bond acceptors (Lipinski definition) is 4. The molecule has 0 radical (unpaired) electrons. The Morgan fingerprint density at radius 3 is 2.19 bits per heavy atom. The second-order valence-corrected chi connectivity index (χ2v) is 7.58. The molecule has 2 N–H and O–H groups in total. The van der Waals surface area contributed by atoms with E-state index >= 15 is 0 Å². The Labute approximate surface area is 191 Å². The van der Waals surface area contributed by atoms with Gasteiger partial charge in [-0.1, -0.05) is 60.1 Å². The summed E-state index contributed by atoms with van der Waals surface area (Å²) in [5.74, 6) is 0.222. The van der Waals surface area contributed by atoms with Crippen LogP contribution in [0.5, 0.6) is 5.88 Å². The quantitative estimate of drug-likeness (QED) is 0.393. The fourth-order valence-electron chi connectivity index (χ4n) is 3.31. The lowest BCUT2D eigenvalue weighted by Crippen LogP contribution is -2.12. The zero-order chi connectivity index (χ0) is 22.5. The number of nitrogens with zero attached hydrogens (tertiary/aromatic N) is 1. The summed E-state index contributed by atoms with van der Waals surface area (Å²) in [6.07, 6.45) is 1.54. The fraction of sp³-hybridized carbons (Fsp3) is 0.0769. The topological polar surface area (TPSA) is 71.5 Å². The molecule has 1 aromatic heterocycles. The Hall–Kier alpha value is -3.67. The van der Waals surface area contributed by atoms with Crippen molar-refractivity contribution in [2.45, 2.75) is 6.61 Å². The number of nitrogens with one attached hydrogen (secondary N) is 1. The van der Waals surface area contributed by atoms with Crippen molar-refractivity contribution in [3.63, 3.8) is 0 Å². The summed E-state index contributed by atoms with van der Waals surface area (Å²) in [5.41, 5.74) is 5.72. The summed E-state index contributed by atoms with van der Waals surface area (Å²) >= 11 is 6.44. The number of carbonyl (C=O) groups excluding carboxylic acids is 1. The van der Waals surface area contributed by atoms with E-state index in [0.29, 0.717) is 22.2 Å². The van der Waals surface area contributed by atoms with Gasteiger partial charge in [0.1, 0.15) is 0 Å². The van der Waals surface area contributed by atoms with E-state index in [2.05, 4.69) is 10.3 Å². The minimum absolute atomic E-state index is 0.0244. The van der Waals surface area contributed by atoms with E-state index in [1.54, 1.807) is 36.5 Å². The summed E-state index contributed by atoms with van der Waals surface area (Å²) in [6.45, 7) is 0.0244. The van der Waals surface area contributed by atoms with Gasteiger partial charge in [-0.15, -0.1) is 0 Å². The molecule has 0 atom stereocenters. The first-order chi connectivity index (χ1) is 15.6. The molecule has 0 fully saturated rings. The van der Waals surface area contributed by atoms with Crippen LogP contribution in [0.15, 0.2) is 85.1 Å². The zero-order valence-electron chi connectivity index (χ0n) is 17.4. The number of hydrogen-bond donors (Lipinski definition) is 2. The molecule has 6 heteroatoms. The third kappa shape index (κ3) is 4.80. The molecule has 0 saturated carbocycles. The minimum Gasteiger partial charge on any atom is -0.481 e. The first-order valence-corrected chi connectivity index (χ1v) is 10.4. The molecule has 0 spiro atoms. The molecule has 0 aliphatic rings. The number of amides is 1. The van der Waals surface area contributed by atoms with Crippen molar-refractivity contribution in [3.05, 3.63) is 101 Å². The number of ether oxygens (including phenoxy) is 1. The number of anilines is 1. The third-order valence-electron chi connectivity index (χ3n) is 5.10. The maximum absolute atomic E-state index is 12.7. The Morgan fingerprint density at radius 2 is 1.59 bits per heavy atom. The van der Waals surface area contributed by atoms with Gasteiger partial charge in [0.15, 0.2) is 0 Å². The average molecular weight is 445 g/mol. The predicted octanol–water partition coefficient (Wildman–Crippen LogP) is 5.82. The summed E-state index contributed by atoms with van der Waals surface area (Å²) in [7, 11) is 1.54. The van der Waals surface area contributed by atoms with Gasteiger partial charge in [-0.2, -0.15) is 0 Å². The van der Waals surface area contributed by atoms with Crippen LogP contribution in [0.4, 0.5) is 5.69 Å². The minimum atomic E-state index is -0.254. The normalized spacial score (nSPS) is 10.6. The number of methoxy groups -OCH3 is 1. The molecule has 4 aromatic rings. The van der Waals surface area contributed by atoms with Gasteiger partial charge in [-0.25, -0.2) is 4.98 Å². The molecule has 5 nitrogen and oxygen atoms in total. The average Bonchev–Trinajstić information content (AvgIpc) is 2.85. The van der Waals surface area contributed by atoms with Gasteiger partial charge in [0.2, 0.25) is 5.88 Å². The highest BCUT2D eigenvalue weighted by Crippen LogP contribution is 2.31. The van der Waals surface area contributed by atoms with E-state index in [1.165, 1.54) is 7.11 Å². The standard InChI is InChI=1S/C26H21ClN2O3/c1-32-25-13-11-22(15-28-25)29-26(31)21-10-12-24(27)23(14-21)20-8-6-19(7-9-20)18-4-2-17(16-30)3-5-18/h2-15,30H,16H2,1H3,(H,29,31). The fourth-order valence-corrected chi connectivity index (χ4v) is 3.54. The third-order valence-corrected chi connectivity index (χ3v) is 5.43. The molecule has 1 amide bonds. The van der Waals surface area contributed by atoms with Crippen molar-refractivity contribution in [1.82, 2.24) is 4.98 Å². The second kappa shape index (κ2) is 9.64. The monoisotopic (exact) mass is 444 g/mol. The number of carbonyl (C=O) groups is 1. The molecule has 0 unspecified atom stereocenters. The van der Waals surface area contributed by atoms with Crippen LogP contribution in [0.25, 0.3) is 22.3 Å². The van der Waals surface area contributed by atoms with E-state index < -0.39 is 0 Å². The molecule has 0 saturated heterocycles. The van der Waals surface area contributed by atoms with Crippen molar-refractivity contribution in [1.29, 1.82) is 0 Å². The van der Waals surface area contributed by atoms with Crippen molar-refractivity contribution < 1.29 is 14.6 Å². The molecule has 0 bridgehead atoms. The lowest BCUT2D eigenvalue weighted by molar-refractivity contribution is 0.102. The molecule has 0 aliphatic carbocycles. The van der Waals surface area contributed by atoms with Crippen LogP contribution < -0.4 is 10.1 Å². The SMILES string of the molecule is COc1ccc(NC(=O)c2ccc(Cl)c(-c3ccc(-c4ccc(CO)cc4)cc3)c2)cn1. The van der Waals surface area contributed by atoms with Crippen LogP contribution in [-0.2, 0) is 6.61 Å². The van der Waals surface area contributed by atoms with E-state index in [1.807, 2.05) is 48.5 Å². The molecule has 160 valence electrons. The second-order valence-electron chi connectivity index (χ2n) is 7.17. The van der Waals surface area contributed by atoms with Gasteiger partial charge in [-0.05, 0) is 46.5 Å². The number of halogens is 1. The van der Waals surface area contributed by atoms with E-state index in [-0.39, 0.29) is 12.5 Å². The van der Waals surface area contributed by atoms with E-state index in [4.69, 9.17) is 16.3 Å². The molecular formula is C26H21ClN2O3. The Balaban J connectivity index is 1.55. The van der Waals surface area contributed by atoms with Crippen molar-refractivity contribution in [2.75, 3.05) is 12.4 Å². The molecule has 3 aromatic carbocycles. The van der Waals surface area contributed by atoms with Gasteiger partial charge >= 0.3 is 0 Å². The lowest BCUT2D eigenvalue weighted by atomic mass is 9.98. The number of benzene rings is 3. The Morgan fingerprint density at radius 1 is 0.938 bits per heavy atom. The number of aromatic nitrogens is 1. The van der Waals surface area contributed by atoms with Crippen molar-refractivity contribution >= 4 is 23.2 Å². The highest BCUT2D eigenvalue weighted by atomic mass is 35.5. The summed E-state index contributed by atoms with van der Waals surface area (Å²) in [6, 6.07) is 24.3. The van der Waals surface area contributed by atoms with E-state index in [9.17, 15) is 9.90 Å². The molecule has 0 aliphatic heterocycles. The van der Waals surface area contributed by atoms with Gasteiger partial charge in [0, 0.05) is 22.2 Å². The van der Waals surface area contributed by atoms with Crippen LogP contribution in [0.1, 0.15) is 15.9 Å². The first kappa shape index (κ1) is 21.6. The largest absolute Gasteiger partial charge is 0.481 e. The maximum atomic E-state index is 12.7. The number of aliphatic hydroxyl groups is 1. The molecule has 32 heavy (non-hydrogen) atoms. The predicted molar refractivity (Wildman–Crippen MR) is 127 cm³/mol. The van der Waals surface area contributed by atoms with Crippen LogP contribution >= 0.6 is 11.6 Å². The highest BCUT2D eigenvalue weighted by Gasteiger charge is 2.12. The summed E-state index contributed by atoms with van der Waals surface area (Å²) in [4.78, 5) is 16.8. The number of aliphatic hydroxyl groups excluding tert-OH is 1. The van der Waals surface area contributed by atoms with Crippen molar-refractivity contribution in [3.8, 4) is 28.1 Å². The number of pyridine rings is 1. The van der Waals surface area contributed by atoms with Crippen LogP contribution in [-0.4, -0.2) is 23.1 Å². The van der Waals surface area contributed by atoms with Crippen LogP contribution in [0.3, 0.4) is 0 Å². The van der Waals surface area contributed by atoms with Crippen LogP contribution in [0, 0.1) is 0 Å². The van der Waals surface area contributed by atoms with Crippen molar-refractivity contribution in [2.24, 2.45) is 0 Å². The molecule has 1 heterocycles. The Kier molecular flexibility index (Phi) is 6.50. The van der Waals surface area contributed by atoms with Gasteiger partial charge < -0.3 is 15.2 Å². The van der Waals surface area contributed by atoms with Gasteiger partial charge in [-0.3, -0.25) is 4.79 Å². The summed E-state index contributed by atoms with van der Waals surface area (Å²) in [5, 5.41) is 12.6. The highest BCUT2D eigenvalue weighted by molar-refractivity contribution is 6.33. The molecular weight excluding hydrogens is 424 g/mol. The lowest BCUT2D eigenvalue weighted by Gasteiger charge is -2.10. The zero-order valence-corrected chi connectivity index (χ0v) is 18.1. The molecule has 4 rings (SSSR count). The maximum Gasteiger partial charge on any atom is 0.255 e. The first-order valence-electron chi connectivity index (χ1n) is 9.99. The summed E-state index contributed by atoms with van der Waals surface area (Å²) < 4.78 is 5.04. The van der Waals surface area contributed by atoms with Gasteiger partial charge in [0.25, 0.3) is 5.91 Å². The van der Waals surface area contributed by atoms with Crippen LogP contribution in [0.2, 0.25) is 5.02 Å².